The largest absolute Gasteiger partial charge is 0.497 e. The summed E-state index contributed by atoms with van der Waals surface area (Å²) >= 11 is 0. The number of nitrogens with two attached hydrogens (primary N) is 1. The van der Waals surface area contributed by atoms with Crippen LogP contribution in [0.3, 0.4) is 0 Å². The summed E-state index contributed by atoms with van der Waals surface area (Å²) in [6.45, 7) is 8.09. The van der Waals surface area contributed by atoms with Crippen LogP contribution in [0.4, 0.5) is 11.5 Å². The monoisotopic (exact) mass is 368 g/mol. The molecular weight excluding hydrogens is 340 g/mol. The van der Waals surface area contributed by atoms with Gasteiger partial charge in [-0.1, -0.05) is 20.8 Å². The fourth-order valence-corrected chi connectivity index (χ4v) is 5.14. The van der Waals surface area contributed by atoms with Crippen LogP contribution in [0.5, 0.6) is 17.4 Å². The molecule has 2 aliphatic rings. The predicted molar refractivity (Wildman–Crippen MR) is 106 cm³/mol. The van der Waals surface area contributed by atoms with Gasteiger partial charge >= 0.3 is 0 Å². The average Bonchev–Trinajstić information content (AvgIpc) is 2.86. The van der Waals surface area contributed by atoms with Gasteiger partial charge in [0.15, 0.2) is 5.82 Å². The van der Waals surface area contributed by atoms with Gasteiger partial charge in [0.1, 0.15) is 23.5 Å². The predicted octanol–water partition coefficient (Wildman–Crippen LogP) is 4.26. The number of methoxy groups -OCH3 is 1. The molecule has 27 heavy (non-hydrogen) atoms. The van der Waals surface area contributed by atoms with Gasteiger partial charge in [0, 0.05) is 12.6 Å². The average molecular weight is 368 g/mol. The van der Waals surface area contributed by atoms with E-state index >= 15 is 0 Å². The Labute approximate surface area is 160 Å². The number of fused-ring (bicyclic) bond motifs is 2. The van der Waals surface area contributed by atoms with E-state index in [-0.39, 0.29) is 0 Å². The summed E-state index contributed by atoms with van der Waals surface area (Å²) in [5.41, 5.74) is 7.60. The Balaban J connectivity index is 1.60. The number of hydrogen-bond acceptors (Lipinski definition) is 6. The third-order valence-electron chi connectivity index (χ3n) is 5.79. The summed E-state index contributed by atoms with van der Waals surface area (Å²) < 4.78 is 11.1. The summed E-state index contributed by atoms with van der Waals surface area (Å²) in [5.74, 6) is 2.63. The van der Waals surface area contributed by atoms with Crippen molar-refractivity contribution in [1.82, 2.24) is 9.97 Å². The Morgan fingerprint density at radius 3 is 2.48 bits per heavy atom. The van der Waals surface area contributed by atoms with Crippen LogP contribution >= 0.6 is 0 Å². The fourth-order valence-electron chi connectivity index (χ4n) is 5.14. The Morgan fingerprint density at radius 1 is 1.07 bits per heavy atom. The van der Waals surface area contributed by atoms with Crippen LogP contribution in [0.1, 0.15) is 40.0 Å². The van der Waals surface area contributed by atoms with Gasteiger partial charge in [-0.3, -0.25) is 0 Å². The van der Waals surface area contributed by atoms with Crippen LogP contribution in [0.25, 0.3) is 0 Å². The van der Waals surface area contributed by atoms with Crippen molar-refractivity contribution in [3.63, 3.8) is 0 Å². The first-order valence-electron chi connectivity index (χ1n) is 9.48. The first-order chi connectivity index (χ1) is 12.8. The second-order valence-corrected chi connectivity index (χ2v) is 9.04. The van der Waals surface area contributed by atoms with Crippen molar-refractivity contribution >= 4 is 11.5 Å². The molecule has 2 heterocycles. The minimum absolute atomic E-state index is 0.306. The molecule has 144 valence electrons. The lowest BCUT2D eigenvalue weighted by Gasteiger charge is -2.39. The summed E-state index contributed by atoms with van der Waals surface area (Å²) in [4.78, 5) is 11.2. The van der Waals surface area contributed by atoms with Crippen molar-refractivity contribution < 1.29 is 9.47 Å². The zero-order valence-electron chi connectivity index (χ0n) is 16.5. The number of hydrogen-bond donors (Lipinski definition) is 1. The van der Waals surface area contributed by atoms with Crippen molar-refractivity contribution in [2.24, 2.45) is 10.8 Å². The van der Waals surface area contributed by atoms with Gasteiger partial charge in [0.05, 0.1) is 7.11 Å². The minimum Gasteiger partial charge on any atom is -0.497 e. The highest BCUT2D eigenvalue weighted by Crippen LogP contribution is 2.54. The molecule has 2 aromatic rings. The van der Waals surface area contributed by atoms with Gasteiger partial charge in [0.25, 0.3) is 0 Å². The fraction of sp³-hybridized carbons (Fsp3) is 0.524. The maximum atomic E-state index is 6.44. The minimum atomic E-state index is 0.306. The quantitative estimate of drug-likeness (QED) is 0.869. The number of anilines is 2. The van der Waals surface area contributed by atoms with E-state index in [1.165, 1.54) is 12.8 Å². The Kier molecular flexibility index (Phi) is 4.17. The molecule has 6 nitrogen and oxygen atoms in total. The van der Waals surface area contributed by atoms with Crippen LogP contribution < -0.4 is 20.1 Å². The van der Waals surface area contributed by atoms with E-state index in [0.717, 1.165) is 24.5 Å². The van der Waals surface area contributed by atoms with Crippen LogP contribution in [-0.2, 0) is 0 Å². The molecule has 2 atom stereocenters. The van der Waals surface area contributed by atoms with Gasteiger partial charge in [0.2, 0.25) is 5.88 Å². The topological polar surface area (TPSA) is 73.5 Å². The van der Waals surface area contributed by atoms with Gasteiger partial charge in [-0.25, -0.2) is 4.98 Å². The van der Waals surface area contributed by atoms with Gasteiger partial charge < -0.3 is 20.1 Å². The van der Waals surface area contributed by atoms with Crippen LogP contribution in [0.2, 0.25) is 0 Å². The zero-order valence-corrected chi connectivity index (χ0v) is 16.5. The number of nitrogen functional groups attached to an aromatic ring is 1. The number of nitrogens with zero attached hydrogens (tertiary/aromatic N) is 3. The summed E-state index contributed by atoms with van der Waals surface area (Å²) in [5, 5.41) is 0. The molecule has 2 fully saturated rings. The molecule has 4 rings (SSSR count). The molecule has 1 aliphatic heterocycles. The molecule has 2 unspecified atom stereocenters. The lowest BCUT2D eigenvalue weighted by atomic mass is 9.65. The lowest BCUT2D eigenvalue weighted by molar-refractivity contribution is 0.136. The summed E-state index contributed by atoms with van der Waals surface area (Å²) in [6.07, 6.45) is 5.11. The molecule has 1 saturated carbocycles. The standard InChI is InChI=1S/C21H28N4O2/c1-20(2)9-14-10-21(3,11-20)12-25(14)18-17(22)19(24-13-23-18)27-16-7-5-15(26-4)6-8-16/h5-8,13-14H,9-12,22H2,1-4H3. The Bertz CT molecular complexity index is 837. The van der Waals surface area contributed by atoms with E-state index in [0.29, 0.717) is 34.2 Å². The highest BCUT2D eigenvalue weighted by Gasteiger charge is 2.50. The lowest BCUT2D eigenvalue weighted by Crippen LogP contribution is -2.35. The molecule has 0 radical (unpaired) electrons. The van der Waals surface area contributed by atoms with Crippen molar-refractivity contribution in [2.75, 3.05) is 24.3 Å². The first-order valence-corrected chi connectivity index (χ1v) is 9.48. The van der Waals surface area contributed by atoms with Crippen molar-refractivity contribution in [3.8, 4) is 17.4 Å². The Morgan fingerprint density at radius 2 is 1.78 bits per heavy atom. The maximum absolute atomic E-state index is 6.44. The maximum Gasteiger partial charge on any atom is 0.248 e. The molecule has 1 aromatic heterocycles. The number of ether oxygens (including phenoxy) is 2. The van der Waals surface area contributed by atoms with Crippen LogP contribution in [0, 0.1) is 10.8 Å². The molecule has 0 spiro atoms. The second kappa shape index (κ2) is 6.29. The molecule has 6 heteroatoms. The zero-order chi connectivity index (χ0) is 19.2. The van der Waals surface area contributed by atoms with E-state index < -0.39 is 0 Å². The molecule has 0 amide bonds. The molecule has 2 N–H and O–H groups in total. The SMILES string of the molecule is COc1ccc(Oc2ncnc(N3CC4(C)CC3CC(C)(C)C4)c2N)cc1. The van der Waals surface area contributed by atoms with E-state index in [1.807, 2.05) is 24.3 Å². The van der Waals surface area contributed by atoms with Gasteiger partial charge in [-0.15, -0.1) is 0 Å². The van der Waals surface area contributed by atoms with E-state index in [2.05, 4.69) is 35.6 Å². The molecular formula is C21H28N4O2. The molecule has 2 bridgehead atoms. The summed E-state index contributed by atoms with van der Waals surface area (Å²) in [6, 6.07) is 7.84. The van der Waals surface area contributed by atoms with E-state index in [1.54, 1.807) is 13.4 Å². The van der Waals surface area contributed by atoms with Crippen molar-refractivity contribution in [2.45, 2.75) is 46.1 Å². The third-order valence-corrected chi connectivity index (χ3v) is 5.79. The van der Waals surface area contributed by atoms with Crippen molar-refractivity contribution in [3.05, 3.63) is 30.6 Å². The number of rotatable bonds is 4. The van der Waals surface area contributed by atoms with E-state index in [9.17, 15) is 0 Å². The van der Waals surface area contributed by atoms with Gasteiger partial charge in [-0.05, 0) is 54.4 Å². The highest BCUT2D eigenvalue weighted by atomic mass is 16.5. The smallest absolute Gasteiger partial charge is 0.248 e. The van der Waals surface area contributed by atoms with Crippen LogP contribution in [0.15, 0.2) is 30.6 Å². The van der Waals surface area contributed by atoms with Crippen LogP contribution in [-0.4, -0.2) is 29.7 Å². The molecule has 1 aliphatic carbocycles. The highest BCUT2D eigenvalue weighted by molar-refractivity contribution is 5.69. The van der Waals surface area contributed by atoms with Crippen molar-refractivity contribution in [1.29, 1.82) is 0 Å². The Hall–Kier alpha value is -2.50. The normalized spacial score (nSPS) is 26.1. The second-order valence-electron chi connectivity index (χ2n) is 9.04. The number of aromatic nitrogens is 2. The number of benzene rings is 1. The van der Waals surface area contributed by atoms with Gasteiger partial charge in [-0.2, -0.15) is 4.98 Å². The third kappa shape index (κ3) is 3.40. The first kappa shape index (κ1) is 17.9. The van der Waals surface area contributed by atoms with E-state index in [4.69, 9.17) is 15.2 Å². The summed E-state index contributed by atoms with van der Waals surface area (Å²) in [7, 11) is 1.64. The molecule has 1 aromatic carbocycles. The molecule has 1 saturated heterocycles.